The van der Waals surface area contributed by atoms with E-state index in [2.05, 4.69) is 14.7 Å². The molecule has 0 atom stereocenters. The lowest BCUT2D eigenvalue weighted by molar-refractivity contribution is 0.0691. The second-order valence-electron chi connectivity index (χ2n) is 3.83. The Balaban J connectivity index is 2.14. The fraction of sp³-hybridized carbons (Fsp3) is 0.200. The van der Waals surface area contributed by atoms with E-state index in [-0.39, 0.29) is 17.1 Å². The number of carbonyl (C=O) groups is 1. The molecule has 9 heteroatoms. The minimum atomic E-state index is -3.76. The Morgan fingerprint density at radius 2 is 2.32 bits per heavy atom. The van der Waals surface area contributed by atoms with E-state index < -0.39 is 16.0 Å². The number of aryl methyl sites for hydroxylation is 1. The summed E-state index contributed by atoms with van der Waals surface area (Å²) in [4.78, 5) is 16.9. The molecule has 0 spiro atoms. The smallest absolute Gasteiger partial charge is 0.352 e. The molecule has 2 rings (SSSR count). The van der Waals surface area contributed by atoms with Gasteiger partial charge in [-0.1, -0.05) is 0 Å². The zero-order valence-electron chi connectivity index (χ0n) is 9.99. The number of sulfonamides is 1. The maximum atomic E-state index is 11.9. The molecule has 0 fully saturated rings. The van der Waals surface area contributed by atoms with Crippen molar-refractivity contribution < 1.29 is 18.3 Å². The van der Waals surface area contributed by atoms with Gasteiger partial charge in [0.05, 0.1) is 6.54 Å². The Kier molecular flexibility index (Phi) is 3.40. The normalized spacial score (nSPS) is 11.6. The summed E-state index contributed by atoms with van der Waals surface area (Å²) in [7, 11) is -2.02. The summed E-state index contributed by atoms with van der Waals surface area (Å²) in [5.74, 6) is -0.664. The monoisotopic (exact) mass is 284 g/mol. The first-order valence-electron chi connectivity index (χ1n) is 5.28. The van der Waals surface area contributed by atoms with Crippen molar-refractivity contribution in [1.29, 1.82) is 0 Å². The Labute approximate surface area is 109 Å². The molecule has 0 radical (unpaired) electrons. The molecular weight excluding hydrogens is 272 g/mol. The van der Waals surface area contributed by atoms with E-state index in [4.69, 9.17) is 5.11 Å². The number of nitrogens with one attached hydrogen (secondary N) is 2. The summed E-state index contributed by atoms with van der Waals surface area (Å²) in [6.07, 6.45) is 4.38. The van der Waals surface area contributed by atoms with Gasteiger partial charge in [0.2, 0.25) is 10.0 Å². The molecule has 102 valence electrons. The molecule has 0 saturated carbocycles. The summed E-state index contributed by atoms with van der Waals surface area (Å²) in [5, 5.41) is 8.72. The first-order valence-corrected chi connectivity index (χ1v) is 6.76. The van der Waals surface area contributed by atoms with Gasteiger partial charge in [0, 0.05) is 25.6 Å². The SMILES string of the molecule is Cn1ccnc1CNS(=O)(=O)c1c[nH]c(C(=O)O)c1. The van der Waals surface area contributed by atoms with Crippen LogP contribution in [0, 0.1) is 0 Å². The van der Waals surface area contributed by atoms with Gasteiger partial charge in [0.1, 0.15) is 16.4 Å². The second-order valence-corrected chi connectivity index (χ2v) is 5.60. The van der Waals surface area contributed by atoms with Gasteiger partial charge in [-0.15, -0.1) is 0 Å². The van der Waals surface area contributed by atoms with Crippen LogP contribution in [0.1, 0.15) is 16.3 Å². The number of H-pyrrole nitrogens is 1. The molecule has 19 heavy (non-hydrogen) atoms. The number of aromatic nitrogens is 3. The molecule has 0 amide bonds. The van der Waals surface area contributed by atoms with E-state index in [1.807, 2.05) is 0 Å². The number of nitrogens with zero attached hydrogens (tertiary/aromatic N) is 2. The van der Waals surface area contributed by atoms with E-state index in [1.165, 1.54) is 0 Å². The van der Waals surface area contributed by atoms with Crippen molar-refractivity contribution in [3.63, 3.8) is 0 Å². The minimum absolute atomic E-state index is 0.0272. The topological polar surface area (TPSA) is 117 Å². The van der Waals surface area contributed by atoms with Crippen molar-refractivity contribution in [1.82, 2.24) is 19.3 Å². The number of carboxylic acid groups (broad SMARTS) is 1. The largest absolute Gasteiger partial charge is 0.477 e. The number of aromatic carboxylic acids is 1. The highest BCUT2D eigenvalue weighted by Crippen LogP contribution is 2.11. The Bertz CT molecular complexity index is 701. The van der Waals surface area contributed by atoms with E-state index >= 15 is 0 Å². The van der Waals surface area contributed by atoms with E-state index in [9.17, 15) is 13.2 Å². The third kappa shape index (κ3) is 2.83. The van der Waals surface area contributed by atoms with Gasteiger partial charge >= 0.3 is 5.97 Å². The predicted molar refractivity (Wildman–Crippen MR) is 65.0 cm³/mol. The van der Waals surface area contributed by atoms with E-state index in [1.54, 1.807) is 24.0 Å². The lowest BCUT2D eigenvalue weighted by atomic mass is 10.4. The predicted octanol–water partition coefficient (Wildman–Crippen LogP) is -0.0751. The van der Waals surface area contributed by atoms with Crippen LogP contribution < -0.4 is 4.72 Å². The van der Waals surface area contributed by atoms with Crippen LogP contribution in [0.4, 0.5) is 0 Å². The van der Waals surface area contributed by atoms with Gasteiger partial charge in [0.15, 0.2) is 0 Å². The number of rotatable bonds is 5. The van der Waals surface area contributed by atoms with Crippen molar-refractivity contribution in [2.24, 2.45) is 7.05 Å². The van der Waals surface area contributed by atoms with Crippen LogP contribution in [0.15, 0.2) is 29.6 Å². The van der Waals surface area contributed by atoms with Gasteiger partial charge in [-0.25, -0.2) is 22.9 Å². The Morgan fingerprint density at radius 3 is 2.84 bits per heavy atom. The van der Waals surface area contributed by atoms with Crippen LogP contribution in [0.2, 0.25) is 0 Å². The molecule has 0 aliphatic carbocycles. The fourth-order valence-electron chi connectivity index (χ4n) is 1.46. The molecular formula is C10H12N4O4S. The summed E-state index contributed by atoms with van der Waals surface area (Å²) in [6.45, 7) is 0.0272. The average molecular weight is 284 g/mol. The third-order valence-electron chi connectivity index (χ3n) is 2.54. The molecule has 2 aromatic rings. The van der Waals surface area contributed by atoms with Gasteiger partial charge in [0.25, 0.3) is 0 Å². The van der Waals surface area contributed by atoms with Crippen LogP contribution in [0.25, 0.3) is 0 Å². The van der Waals surface area contributed by atoms with E-state index in [0.717, 1.165) is 12.3 Å². The second kappa shape index (κ2) is 4.86. The number of imidazole rings is 1. The summed E-state index contributed by atoms with van der Waals surface area (Å²) in [6, 6.07) is 1.06. The van der Waals surface area contributed by atoms with Crippen LogP contribution in [0.5, 0.6) is 0 Å². The molecule has 2 aromatic heterocycles. The highest BCUT2D eigenvalue weighted by Gasteiger charge is 2.18. The number of hydrogen-bond acceptors (Lipinski definition) is 4. The fourth-order valence-corrected chi connectivity index (χ4v) is 2.44. The van der Waals surface area contributed by atoms with Crippen molar-refractivity contribution in [3.8, 4) is 0 Å². The summed E-state index contributed by atoms with van der Waals surface area (Å²) in [5.41, 5.74) is -0.183. The van der Waals surface area contributed by atoms with Crippen molar-refractivity contribution in [2.45, 2.75) is 11.4 Å². The van der Waals surface area contributed by atoms with Gasteiger partial charge in [-0.05, 0) is 6.07 Å². The number of aromatic amines is 1. The highest BCUT2D eigenvalue weighted by atomic mass is 32.2. The first-order chi connectivity index (χ1) is 8.90. The number of carboxylic acids is 1. The maximum Gasteiger partial charge on any atom is 0.352 e. The van der Waals surface area contributed by atoms with Crippen molar-refractivity contribution in [3.05, 3.63) is 36.2 Å². The van der Waals surface area contributed by atoms with Gasteiger partial charge in [-0.2, -0.15) is 0 Å². The zero-order valence-corrected chi connectivity index (χ0v) is 10.8. The summed E-state index contributed by atoms with van der Waals surface area (Å²) >= 11 is 0. The van der Waals surface area contributed by atoms with E-state index in [0.29, 0.717) is 5.82 Å². The van der Waals surface area contributed by atoms with Gasteiger partial charge in [-0.3, -0.25) is 0 Å². The highest BCUT2D eigenvalue weighted by molar-refractivity contribution is 7.89. The quantitative estimate of drug-likeness (QED) is 0.710. The standard InChI is InChI=1S/C10H12N4O4S/c1-14-3-2-11-9(14)6-13-19(17,18)7-4-8(10(15)16)12-5-7/h2-5,12-13H,6H2,1H3,(H,15,16). The minimum Gasteiger partial charge on any atom is -0.477 e. The average Bonchev–Trinajstić information content (AvgIpc) is 2.95. The van der Waals surface area contributed by atoms with Crippen LogP contribution in [-0.2, 0) is 23.6 Å². The van der Waals surface area contributed by atoms with Crippen molar-refractivity contribution in [2.75, 3.05) is 0 Å². The molecule has 0 saturated heterocycles. The Hall–Kier alpha value is -2.13. The molecule has 8 nitrogen and oxygen atoms in total. The lowest BCUT2D eigenvalue weighted by Crippen LogP contribution is -2.24. The molecule has 0 aromatic carbocycles. The van der Waals surface area contributed by atoms with Crippen LogP contribution in [0.3, 0.4) is 0 Å². The Morgan fingerprint density at radius 1 is 1.58 bits per heavy atom. The molecule has 0 aliphatic rings. The van der Waals surface area contributed by atoms with Crippen LogP contribution in [-0.4, -0.2) is 34.0 Å². The molecule has 0 unspecified atom stereocenters. The maximum absolute atomic E-state index is 11.9. The van der Waals surface area contributed by atoms with Gasteiger partial charge < -0.3 is 14.7 Å². The molecule has 3 N–H and O–H groups in total. The first kappa shape index (κ1) is 13.3. The van der Waals surface area contributed by atoms with Crippen LogP contribution >= 0.6 is 0 Å². The third-order valence-corrected chi connectivity index (χ3v) is 3.92. The molecule has 2 heterocycles. The van der Waals surface area contributed by atoms with Crippen molar-refractivity contribution >= 4 is 16.0 Å². The number of hydrogen-bond donors (Lipinski definition) is 3. The summed E-state index contributed by atoms with van der Waals surface area (Å²) < 4.78 is 27.9. The molecule has 0 aliphatic heterocycles. The molecule has 0 bridgehead atoms. The lowest BCUT2D eigenvalue weighted by Gasteiger charge is -2.04. The zero-order chi connectivity index (χ0) is 14.0.